The van der Waals surface area contributed by atoms with E-state index in [4.69, 9.17) is 0 Å². The second-order valence-electron chi connectivity index (χ2n) is 6.28. The first-order valence-corrected chi connectivity index (χ1v) is 8.49. The average Bonchev–Trinajstić information content (AvgIpc) is 3.12. The summed E-state index contributed by atoms with van der Waals surface area (Å²) in [4.78, 5) is 23.0. The molecule has 1 saturated heterocycles. The minimum atomic E-state index is -0.278. The van der Waals surface area contributed by atoms with E-state index in [0.717, 1.165) is 38.3 Å². The first-order valence-electron chi connectivity index (χ1n) is 8.49. The SMILES string of the molecule is O=c1[nH]ccnc1N1CCN(Cc2cnn(-c3cccc(F)c3)c2)CC1. The van der Waals surface area contributed by atoms with Crippen molar-refractivity contribution in [2.45, 2.75) is 6.54 Å². The second-order valence-corrected chi connectivity index (χ2v) is 6.28. The van der Waals surface area contributed by atoms with Crippen molar-refractivity contribution in [2.24, 2.45) is 0 Å². The van der Waals surface area contributed by atoms with Gasteiger partial charge < -0.3 is 9.88 Å². The van der Waals surface area contributed by atoms with Gasteiger partial charge in [-0.25, -0.2) is 14.1 Å². The summed E-state index contributed by atoms with van der Waals surface area (Å²) in [6.45, 7) is 3.93. The van der Waals surface area contributed by atoms with Crippen LogP contribution < -0.4 is 10.5 Å². The molecule has 4 rings (SSSR count). The molecule has 0 amide bonds. The number of nitrogens with one attached hydrogen (secondary N) is 1. The molecule has 2 aromatic heterocycles. The molecule has 0 aliphatic carbocycles. The summed E-state index contributed by atoms with van der Waals surface area (Å²) < 4.78 is 15.0. The van der Waals surface area contributed by atoms with Crippen LogP contribution in [0.15, 0.2) is 53.8 Å². The number of nitrogens with zero attached hydrogens (tertiary/aromatic N) is 5. The molecule has 3 aromatic rings. The fourth-order valence-electron chi connectivity index (χ4n) is 3.15. The largest absolute Gasteiger partial charge is 0.349 e. The molecule has 0 unspecified atom stereocenters. The van der Waals surface area contributed by atoms with Gasteiger partial charge in [-0.1, -0.05) is 6.07 Å². The lowest BCUT2D eigenvalue weighted by Gasteiger charge is -2.34. The lowest BCUT2D eigenvalue weighted by atomic mass is 10.2. The van der Waals surface area contributed by atoms with E-state index < -0.39 is 0 Å². The second kappa shape index (κ2) is 7.09. The minimum Gasteiger partial charge on any atom is -0.349 e. The Morgan fingerprint density at radius 3 is 2.81 bits per heavy atom. The zero-order chi connectivity index (χ0) is 17.9. The molecule has 134 valence electrons. The number of aromatic amines is 1. The van der Waals surface area contributed by atoms with Crippen LogP contribution in [0.3, 0.4) is 0 Å². The maximum absolute atomic E-state index is 13.4. The van der Waals surface area contributed by atoms with Gasteiger partial charge in [0, 0.05) is 56.9 Å². The molecule has 7 nitrogen and oxygen atoms in total. The zero-order valence-corrected chi connectivity index (χ0v) is 14.2. The number of hydrogen-bond acceptors (Lipinski definition) is 5. The van der Waals surface area contributed by atoms with Crippen LogP contribution >= 0.6 is 0 Å². The van der Waals surface area contributed by atoms with Crippen LogP contribution in [0.4, 0.5) is 10.2 Å². The fourth-order valence-corrected chi connectivity index (χ4v) is 3.15. The molecule has 1 fully saturated rings. The van der Waals surface area contributed by atoms with E-state index in [2.05, 4.69) is 20.0 Å². The number of halogens is 1. The van der Waals surface area contributed by atoms with E-state index in [-0.39, 0.29) is 11.4 Å². The summed E-state index contributed by atoms with van der Waals surface area (Å²) in [5.41, 5.74) is 1.62. The third-order valence-corrected chi connectivity index (χ3v) is 4.48. The van der Waals surface area contributed by atoms with Gasteiger partial charge in [-0.15, -0.1) is 0 Å². The Labute approximate surface area is 149 Å². The number of rotatable bonds is 4. The Kier molecular flexibility index (Phi) is 4.49. The van der Waals surface area contributed by atoms with Crippen molar-refractivity contribution >= 4 is 5.82 Å². The third-order valence-electron chi connectivity index (χ3n) is 4.48. The van der Waals surface area contributed by atoms with Crippen molar-refractivity contribution in [2.75, 3.05) is 31.1 Å². The van der Waals surface area contributed by atoms with Gasteiger partial charge in [-0.3, -0.25) is 9.69 Å². The number of H-pyrrole nitrogens is 1. The Morgan fingerprint density at radius 2 is 2.04 bits per heavy atom. The van der Waals surface area contributed by atoms with Gasteiger partial charge in [-0.2, -0.15) is 5.10 Å². The number of aromatic nitrogens is 4. The molecule has 0 radical (unpaired) electrons. The topological polar surface area (TPSA) is 70.1 Å². The summed E-state index contributed by atoms with van der Waals surface area (Å²) in [5.74, 6) is 0.200. The van der Waals surface area contributed by atoms with E-state index in [1.54, 1.807) is 29.3 Å². The molecule has 1 N–H and O–H groups in total. The number of benzene rings is 1. The summed E-state index contributed by atoms with van der Waals surface area (Å²) in [6.07, 6.45) is 6.87. The molecule has 1 aromatic carbocycles. The average molecular weight is 354 g/mol. The Balaban J connectivity index is 1.38. The Bertz CT molecular complexity index is 944. The molecular formula is C18H19FN6O. The minimum absolute atomic E-state index is 0.155. The highest BCUT2D eigenvalue weighted by molar-refractivity contribution is 5.36. The maximum Gasteiger partial charge on any atom is 0.290 e. The van der Waals surface area contributed by atoms with Crippen molar-refractivity contribution in [1.29, 1.82) is 0 Å². The smallest absolute Gasteiger partial charge is 0.290 e. The maximum atomic E-state index is 13.4. The number of hydrogen-bond donors (Lipinski definition) is 1. The van der Waals surface area contributed by atoms with Crippen molar-refractivity contribution in [3.05, 3.63) is 70.8 Å². The molecule has 8 heteroatoms. The van der Waals surface area contributed by atoms with E-state index in [1.807, 2.05) is 17.2 Å². The van der Waals surface area contributed by atoms with Crippen LogP contribution in [0.5, 0.6) is 0 Å². The van der Waals surface area contributed by atoms with Crippen molar-refractivity contribution in [3.8, 4) is 5.69 Å². The molecule has 0 spiro atoms. The van der Waals surface area contributed by atoms with Gasteiger partial charge in [0.2, 0.25) is 0 Å². The summed E-state index contributed by atoms with van der Waals surface area (Å²) in [6, 6.07) is 6.37. The molecule has 0 bridgehead atoms. The lowest BCUT2D eigenvalue weighted by Crippen LogP contribution is -2.47. The lowest BCUT2D eigenvalue weighted by molar-refractivity contribution is 0.249. The van der Waals surface area contributed by atoms with E-state index in [1.165, 1.54) is 12.1 Å². The molecule has 0 saturated carbocycles. The highest BCUT2D eigenvalue weighted by Gasteiger charge is 2.20. The van der Waals surface area contributed by atoms with Gasteiger partial charge in [0.25, 0.3) is 5.56 Å². The standard InChI is InChI=1S/C18H19FN6O/c19-15-2-1-3-16(10-15)25-13-14(11-22-25)12-23-6-8-24(9-7-23)17-18(26)21-5-4-20-17/h1-5,10-11,13H,6-9,12H2,(H,21,26). The number of piperazine rings is 1. The van der Waals surface area contributed by atoms with Crippen LogP contribution in [-0.2, 0) is 6.54 Å². The fraction of sp³-hybridized carbons (Fsp3) is 0.278. The molecule has 26 heavy (non-hydrogen) atoms. The van der Waals surface area contributed by atoms with Gasteiger partial charge in [0.15, 0.2) is 5.82 Å². The molecular weight excluding hydrogens is 335 g/mol. The van der Waals surface area contributed by atoms with Gasteiger partial charge >= 0.3 is 0 Å². The third kappa shape index (κ3) is 3.50. The van der Waals surface area contributed by atoms with Crippen LogP contribution in [0.1, 0.15) is 5.56 Å². The van der Waals surface area contributed by atoms with Gasteiger partial charge in [-0.05, 0) is 18.2 Å². The van der Waals surface area contributed by atoms with E-state index in [9.17, 15) is 9.18 Å². The van der Waals surface area contributed by atoms with E-state index >= 15 is 0 Å². The summed E-state index contributed by atoms with van der Waals surface area (Å²) in [7, 11) is 0. The quantitative estimate of drug-likeness (QED) is 0.767. The highest BCUT2D eigenvalue weighted by Crippen LogP contribution is 2.14. The van der Waals surface area contributed by atoms with Gasteiger partial charge in [0.1, 0.15) is 5.82 Å². The zero-order valence-electron chi connectivity index (χ0n) is 14.2. The highest BCUT2D eigenvalue weighted by atomic mass is 19.1. The van der Waals surface area contributed by atoms with Crippen LogP contribution in [0, 0.1) is 5.82 Å². The summed E-state index contributed by atoms with van der Waals surface area (Å²) in [5, 5.41) is 4.32. The molecule has 1 aliphatic rings. The predicted octanol–water partition coefficient (Wildman–Crippen LogP) is 1.42. The van der Waals surface area contributed by atoms with Crippen LogP contribution in [0.25, 0.3) is 5.69 Å². The first-order chi connectivity index (χ1) is 12.7. The summed E-state index contributed by atoms with van der Waals surface area (Å²) >= 11 is 0. The van der Waals surface area contributed by atoms with Crippen molar-refractivity contribution in [1.82, 2.24) is 24.6 Å². The van der Waals surface area contributed by atoms with Crippen molar-refractivity contribution < 1.29 is 4.39 Å². The molecule has 0 atom stereocenters. The number of anilines is 1. The monoisotopic (exact) mass is 354 g/mol. The first kappa shape index (κ1) is 16.5. The predicted molar refractivity (Wildman–Crippen MR) is 95.9 cm³/mol. The van der Waals surface area contributed by atoms with Gasteiger partial charge in [0.05, 0.1) is 11.9 Å². The van der Waals surface area contributed by atoms with Crippen LogP contribution in [0.2, 0.25) is 0 Å². The van der Waals surface area contributed by atoms with Crippen LogP contribution in [-0.4, -0.2) is 50.8 Å². The Hall–Kier alpha value is -3.00. The molecule has 1 aliphatic heterocycles. The van der Waals surface area contributed by atoms with E-state index in [0.29, 0.717) is 11.5 Å². The normalized spacial score (nSPS) is 15.3. The van der Waals surface area contributed by atoms with Crippen molar-refractivity contribution in [3.63, 3.8) is 0 Å². The molecule has 3 heterocycles. The Morgan fingerprint density at radius 1 is 1.19 bits per heavy atom.